The molecular formula is C12H19NO5S. The van der Waals surface area contributed by atoms with Crippen LogP contribution in [-0.4, -0.2) is 42.9 Å². The summed E-state index contributed by atoms with van der Waals surface area (Å²) < 4.78 is 22.7. The van der Waals surface area contributed by atoms with Crippen LogP contribution < -0.4 is 5.32 Å². The van der Waals surface area contributed by atoms with Gasteiger partial charge in [-0.25, -0.2) is 8.42 Å². The van der Waals surface area contributed by atoms with Gasteiger partial charge in [0.1, 0.15) is 0 Å². The van der Waals surface area contributed by atoms with Crippen molar-refractivity contribution in [2.45, 2.75) is 38.1 Å². The van der Waals surface area contributed by atoms with Crippen LogP contribution in [0.5, 0.6) is 0 Å². The van der Waals surface area contributed by atoms with E-state index in [0.29, 0.717) is 19.3 Å². The van der Waals surface area contributed by atoms with E-state index in [1.165, 1.54) is 0 Å². The van der Waals surface area contributed by atoms with Crippen molar-refractivity contribution in [3.05, 3.63) is 0 Å². The van der Waals surface area contributed by atoms with E-state index in [-0.39, 0.29) is 23.5 Å². The molecule has 0 aromatic rings. The van der Waals surface area contributed by atoms with Crippen LogP contribution in [0.25, 0.3) is 0 Å². The van der Waals surface area contributed by atoms with Gasteiger partial charge < -0.3 is 10.4 Å². The molecule has 1 saturated heterocycles. The number of carboxylic acid groups (broad SMARTS) is 1. The molecule has 3 atom stereocenters. The number of carbonyl (C=O) groups is 2. The molecule has 1 aliphatic carbocycles. The summed E-state index contributed by atoms with van der Waals surface area (Å²) in [6, 6.07) is -0.353. The molecule has 1 amide bonds. The molecule has 1 heterocycles. The van der Waals surface area contributed by atoms with Crippen LogP contribution in [0, 0.1) is 11.8 Å². The molecule has 2 fully saturated rings. The van der Waals surface area contributed by atoms with Gasteiger partial charge in [-0.3, -0.25) is 9.59 Å². The Hall–Kier alpha value is -1.11. The number of carboxylic acids is 1. The molecule has 0 radical (unpaired) electrons. The van der Waals surface area contributed by atoms with Gasteiger partial charge in [0.15, 0.2) is 9.84 Å². The van der Waals surface area contributed by atoms with Crippen LogP contribution in [0.1, 0.15) is 32.1 Å². The normalized spacial score (nSPS) is 33.8. The number of carbonyl (C=O) groups excluding carboxylic acids is 1. The van der Waals surface area contributed by atoms with Crippen LogP contribution >= 0.6 is 0 Å². The predicted molar refractivity (Wildman–Crippen MR) is 68.3 cm³/mol. The Bertz CT molecular complexity index is 473. The Balaban J connectivity index is 1.97. The maximum Gasteiger partial charge on any atom is 0.307 e. The van der Waals surface area contributed by atoms with Crippen molar-refractivity contribution >= 4 is 21.7 Å². The van der Waals surface area contributed by atoms with E-state index in [0.717, 1.165) is 12.8 Å². The fraction of sp³-hybridized carbons (Fsp3) is 0.833. The number of hydrogen-bond donors (Lipinski definition) is 2. The SMILES string of the molecule is O=C(N[C@@H]1CCS(=O)(=O)C1)[C@H]1CCCC[C@H]1C(=O)O. The summed E-state index contributed by atoms with van der Waals surface area (Å²) in [4.78, 5) is 23.2. The lowest BCUT2D eigenvalue weighted by Gasteiger charge is -2.28. The first-order valence-electron chi connectivity index (χ1n) is 6.62. The Labute approximate surface area is 112 Å². The van der Waals surface area contributed by atoms with E-state index >= 15 is 0 Å². The summed E-state index contributed by atoms with van der Waals surface area (Å²) >= 11 is 0. The zero-order valence-electron chi connectivity index (χ0n) is 10.7. The second-order valence-electron chi connectivity index (χ2n) is 5.44. The van der Waals surface area contributed by atoms with E-state index < -0.39 is 27.6 Å². The summed E-state index contributed by atoms with van der Waals surface area (Å²) in [6.45, 7) is 0. The zero-order valence-corrected chi connectivity index (χ0v) is 11.5. The standard InChI is InChI=1S/C12H19NO5S/c14-11(13-8-5-6-19(17,18)7-8)9-3-1-2-4-10(9)12(15)16/h8-10H,1-7H2,(H,13,14)(H,15,16)/t8-,9+,10-/m1/s1. The second kappa shape index (κ2) is 5.48. The lowest BCUT2D eigenvalue weighted by atomic mass is 9.78. The van der Waals surface area contributed by atoms with Crippen molar-refractivity contribution in [2.75, 3.05) is 11.5 Å². The molecule has 2 rings (SSSR count). The van der Waals surface area contributed by atoms with E-state index in [1.807, 2.05) is 0 Å². The summed E-state index contributed by atoms with van der Waals surface area (Å²) in [7, 11) is -3.03. The van der Waals surface area contributed by atoms with Gasteiger partial charge in [-0.1, -0.05) is 12.8 Å². The summed E-state index contributed by atoms with van der Waals surface area (Å²) in [5.41, 5.74) is 0. The number of amides is 1. The van der Waals surface area contributed by atoms with Crippen LogP contribution in [-0.2, 0) is 19.4 Å². The average Bonchev–Trinajstić information content (AvgIpc) is 2.68. The molecule has 1 saturated carbocycles. The van der Waals surface area contributed by atoms with Crippen LogP contribution in [0.4, 0.5) is 0 Å². The Morgan fingerprint density at radius 2 is 1.68 bits per heavy atom. The van der Waals surface area contributed by atoms with E-state index in [4.69, 9.17) is 5.11 Å². The van der Waals surface area contributed by atoms with Crippen LogP contribution in [0.2, 0.25) is 0 Å². The minimum Gasteiger partial charge on any atom is -0.481 e. The number of hydrogen-bond acceptors (Lipinski definition) is 4. The third kappa shape index (κ3) is 3.46. The molecule has 0 aromatic carbocycles. The zero-order chi connectivity index (χ0) is 14.0. The van der Waals surface area contributed by atoms with Crippen LogP contribution in [0.15, 0.2) is 0 Å². The Morgan fingerprint density at radius 1 is 1.05 bits per heavy atom. The smallest absolute Gasteiger partial charge is 0.307 e. The quantitative estimate of drug-likeness (QED) is 0.772. The number of sulfone groups is 1. The fourth-order valence-electron chi connectivity index (χ4n) is 2.96. The van der Waals surface area contributed by atoms with Crippen molar-refractivity contribution in [2.24, 2.45) is 11.8 Å². The maximum absolute atomic E-state index is 12.1. The molecule has 0 unspecified atom stereocenters. The molecular weight excluding hydrogens is 270 g/mol. The van der Waals surface area contributed by atoms with Crippen LogP contribution in [0.3, 0.4) is 0 Å². The molecule has 0 spiro atoms. The summed E-state index contributed by atoms with van der Waals surface area (Å²) in [5.74, 6) is -2.30. The van der Waals surface area contributed by atoms with Gasteiger partial charge in [0.2, 0.25) is 5.91 Å². The molecule has 2 aliphatic rings. The first-order valence-corrected chi connectivity index (χ1v) is 8.45. The first-order chi connectivity index (χ1) is 8.89. The fourth-order valence-corrected chi connectivity index (χ4v) is 4.63. The van der Waals surface area contributed by atoms with Gasteiger partial charge in [-0.15, -0.1) is 0 Å². The topological polar surface area (TPSA) is 101 Å². The third-order valence-corrected chi connectivity index (χ3v) is 5.77. The van der Waals surface area contributed by atoms with Gasteiger partial charge in [0.25, 0.3) is 0 Å². The lowest BCUT2D eigenvalue weighted by Crippen LogP contribution is -2.44. The third-order valence-electron chi connectivity index (χ3n) is 4.00. The molecule has 19 heavy (non-hydrogen) atoms. The van der Waals surface area contributed by atoms with Gasteiger partial charge in [-0.05, 0) is 19.3 Å². The first kappa shape index (κ1) is 14.3. The Morgan fingerprint density at radius 3 is 2.21 bits per heavy atom. The van der Waals surface area contributed by atoms with Crippen molar-refractivity contribution in [3.8, 4) is 0 Å². The summed E-state index contributed by atoms with van der Waals surface area (Å²) in [5, 5.41) is 11.8. The molecule has 0 aromatic heterocycles. The minimum atomic E-state index is -3.03. The second-order valence-corrected chi connectivity index (χ2v) is 7.67. The highest BCUT2D eigenvalue weighted by Gasteiger charge is 2.37. The average molecular weight is 289 g/mol. The highest BCUT2D eigenvalue weighted by Crippen LogP contribution is 2.30. The summed E-state index contributed by atoms with van der Waals surface area (Å²) in [6.07, 6.45) is 3.21. The molecule has 2 N–H and O–H groups in total. The number of nitrogens with one attached hydrogen (secondary N) is 1. The molecule has 6 nitrogen and oxygen atoms in total. The Kier molecular flexibility index (Phi) is 4.13. The maximum atomic E-state index is 12.1. The lowest BCUT2D eigenvalue weighted by molar-refractivity contribution is -0.149. The largest absolute Gasteiger partial charge is 0.481 e. The van der Waals surface area contributed by atoms with Gasteiger partial charge in [-0.2, -0.15) is 0 Å². The van der Waals surface area contributed by atoms with Crippen molar-refractivity contribution in [3.63, 3.8) is 0 Å². The minimum absolute atomic E-state index is 0.0246. The van der Waals surface area contributed by atoms with Crippen molar-refractivity contribution < 1.29 is 23.1 Å². The van der Waals surface area contributed by atoms with E-state index in [2.05, 4.69) is 5.32 Å². The van der Waals surface area contributed by atoms with Gasteiger partial charge in [0.05, 0.1) is 23.3 Å². The predicted octanol–water partition coefficient (Wildman–Crippen LogP) is 0.181. The molecule has 7 heteroatoms. The van der Waals surface area contributed by atoms with E-state index in [9.17, 15) is 18.0 Å². The molecule has 0 bridgehead atoms. The monoisotopic (exact) mass is 289 g/mol. The van der Waals surface area contributed by atoms with Crippen molar-refractivity contribution in [1.29, 1.82) is 0 Å². The molecule has 108 valence electrons. The number of rotatable bonds is 3. The van der Waals surface area contributed by atoms with E-state index in [1.54, 1.807) is 0 Å². The van der Waals surface area contributed by atoms with Gasteiger partial charge in [0, 0.05) is 6.04 Å². The highest BCUT2D eigenvalue weighted by atomic mass is 32.2. The number of aliphatic carboxylic acids is 1. The van der Waals surface area contributed by atoms with Crippen molar-refractivity contribution in [1.82, 2.24) is 5.32 Å². The molecule has 1 aliphatic heterocycles. The van der Waals surface area contributed by atoms with Gasteiger partial charge >= 0.3 is 5.97 Å². The highest BCUT2D eigenvalue weighted by molar-refractivity contribution is 7.91.